The SMILES string of the molecule is O=C(Cc1cccc(F)c1)N1CCN(c2ccccc2Oc2ccccc2)CC1. The van der Waals surface area contributed by atoms with E-state index in [1.807, 2.05) is 59.5 Å². The summed E-state index contributed by atoms with van der Waals surface area (Å²) in [5.74, 6) is 1.32. The van der Waals surface area contributed by atoms with Crippen molar-refractivity contribution in [1.29, 1.82) is 0 Å². The van der Waals surface area contributed by atoms with E-state index in [4.69, 9.17) is 4.74 Å². The van der Waals surface area contributed by atoms with Gasteiger partial charge in [0.1, 0.15) is 11.6 Å². The molecule has 3 aromatic rings. The minimum Gasteiger partial charge on any atom is -0.455 e. The van der Waals surface area contributed by atoms with E-state index >= 15 is 0 Å². The molecule has 3 aromatic carbocycles. The van der Waals surface area contributed by atoms with Crippen LogP contribution in [0.2, 0.25) is 0 Å². The van der Waals surface area contributed by atoms with Gasteiger partial charge in [-0.25, -0.2) is 4.39 Å². The molecule has 1 heterocycles. The topological polar surface area (TPSA) is 32.8 Å². The molecule has 0 N–H and O–H groups in total. The summed E-state index contributed by atoms with van der Waals surface area (Å²) in [6, 6.07) is 23.9. The van der Waals surface area contributed by atoms with Crippen LogP contribution in [0.4, 0.5) is 10.1 Å². The lowest BCUT2D eigenvalue weighted by Gasteiger charge is -2.36. The maximum absolute atomic E-state index is 13.3. The van der Waals surface area contributed by atoms with Crippen molar-refractivity contribution in [3.8, 4) is 11.5 Å². The van der Waals surface area contributed by atoms with Gasteiger partial charge in [0.15, 0.2) is 5.75 Å². The van der Waals surface area contributed by atoms with Gasteiger partial charge in [-0.2, -0.15) is 0 Å². The average Bonchev–Trinajstić information content (AvgIpc) is 2.75. The highest BCUT2D eigenvalue weighted by Gasteiger charge is 2.23. The van der Waals surface area contributed by atoms with E-state index in [0.29, 0.717) is 18.7 Å². The second-order valence-corrected chi connectivity index (χ2v) is 7.06. The molecule has 0 spiro atoms. The Morgan fingerprint density at radius 2 is 1.59 bits per heavy atom. The van der Waals surface area contributed by atoms with Gasteiger partial charge in [-0.1, -0.05) is 42.5 Å². The summed E-state index contributed by atoms with van der Waals surface area (Å²) in [5.41, 5.74) is 1.73. The van der Waals surface area contributed by atoms with Crippen LogP contribution in [0.15, 0.2) is 78.9 Å². The highest BCUT2D eigenvalue weighted by atomic mass is 19.1. The third kappa shape index (κ3) is 4.74. The van der Waals surface area contributed by atoms with E-state index in [0.717, 1.165) is 30.3 Å². The zero-order chi connectivity index (χ0) is 20.1. The zero-order valence-corrected chi connectivity index (χ0v) is 16.1. The molecule has 1 amide bonds. The number of hydrogen-bond donors (Lipinski definition) is 0. The summed E-state index contributed by atoms with van der Waals surface area (Å²) in [4.78, 5) is 16.7. The second-order valence-electron chi connectivity index (χ2n) is 7.06. The van der Waals surface area contributed by atoms with Gasteiger partial charge in [-0.05, 0) is 42.0 Å². The Labute approximate surface area is 170 Å². The van der Waals surface area contributed by atoms with Crippen molar-refractivity contribution in [2.45, 2.75) is 6.42 Å². The number of benzene rings is 3. The molecule has 4 nitrogen and oxygen atoms in total. The molecular weight excluding hydrogens is 367 g/mol. The van der Waals surface area contributed by atoms with Gasteiger partial charge in [0.25, 0.3) is 0 Å². The molecule has 0 saturated carbocycles. The summed E-state index contributed by atoms with van der Waals surface area (Å²) in [6.45, 7) is 2.72. The number of halogens is 1. The van der Waals surface area contributed by atoms with Crippen molar-refractivity contribution >= 4 is 11.6 Å². The molecule has 0 aliphatic carbocycles. The molecule has 1 fully saturated rings. The Hall–Kier alpha value is -3.34. The van der Waals surface area contributed by atoms with E-state index in [2.05, 4.69) is 4.90 Å². The first-order valence-corrected chi connectivity index (χ1v) is 9.78. The highest BCUT2D eigenvalue weighted by Crippen LogP contribution is 2.32. The van der Waals surface area contributed by atoms with Crippen LogP contribution in [-0.4, -0.2) is 37.0 Å². The molecule has 148 valence electrons. The summed E-state index contributed by atoms with van der Waals surface area (Å²) in [7, 11) is 0. The van der Waals surface area contributed by atoms with E-state index in [9.17, 15) is 9.18 Å². The number of carbonyl (C=O) groups excluding carboxylic acids is 1. The summed E-state index contributed by atoms with van der Waals surface area (Å²) in [6.07, 6.45) is 0.228. The lowest BCUT2D eigenvalue weighted by molar-refractivity contribution is -0.130. The smallest absolute Gasteiger partial charge is 0.227 e. The first kappa shape index (κ1) is 19.0. The van der Waals surface area contributed by atoms with Crippen molar-refractivity contribution in [3.63, 3.8) is 0 Å². The third-order valence-corrected chi connectivity index (χ3v) is 5.05. The van der Waals surface area contributed by atoms with Crippen molar-refractivity contribution in [2.75, 3.05) is 31.1 Å². The molecule has 1 aliphatic heterocycles. The molecule has 1 saturated heterocycles. The lowest BCUT2D eigenvalue weighted by atomic mass is 10.1. The van der Waals surface area contributed by atoms with Crippen LogP contribution in [0.25, 0.3) is 0 Å². The molecule has 0 bridgehead atoms. The van der Waals surface area contributed by atoms with Gasteiger partial charge in [-0.3, -0.25) is 4.79 Å². The lowest BCUT2D eigenvalue weighted by Crippen LogP contribution is -2.49. The Bertz CT molecular complexity index is 969. The molecular formula is C24H23FN2O2. The normalized spacial score (nSPS) is 14.0. The van der Waals surface area contributed by atoms with Crippen molar-refractivity contribution in [1.82, 2.24) is 4.90 Å². The number of piperazine rings is 1. The highest BCUT2D eigenvalue weighted by molar-refractivity contribution is 5.79. The van der Waals surface area contributed by atoms with Crippen LogP contribution in [0.3, 0.4) is 0 Å². The van der Waals surface area contributed by atoms with Gasteiger partial charge in [-0.15, -0.1) is 0 Å². The first-order valence-electron chi connectivity index (χ1n) is 9.78. The van der Waals surface area contributed by atoms with Crippen molar-refractivity contribution in [2.24, 2.45) is 0 Å². The van der Waals surface area contributed by atoms with Crippen LogP contribution < -0.4 is 9.64 Å². The van der Waals surface area contributed by atoms with Gasteiger partial charge in [0, 0.05) is 26.2 Å². The molecule has 4 rings (SSSR count). The van der Waals surface area contributed by atoms with Gasteiger partial charge in [0.2, 0.25) is 5.91 Å². The number of anilines is 1. The molecule has 0 unspecified atom stereocenters. The van der Waals surface area contributed by atoms with Crippen LogP contribution in [0, 0.1) is 5.82 Å². The molecule has 0 atom stereocenters. The minimum absolute atomic E-state index is 0.0315. The standard InChI is InChI=1S/C24H23FN2O2/c25-20-8-6-7-19(17-20)18-24(28)27-15-13-26(14-16-27)22-11-4-5-12-23(22)29-21-9-2-1-3-10-21/h1-12,17H,13-16,18H2. The number of ether oxygens (including phenoxy) is 1. The Morgan fingerprint density at radius 3 is 2.34 bits per heavy atom. The van der Waals surface area contributed by atoms with Crippen molar-refractivity contribution in [3.05, 3.63) is 90.2 Å². The number of amides is 1. The Balaban J connectivity index is 1.39. The Kier molecular flexibility index (Phi) is 5.75. The number of carbonyl (C=O) groups is 1. The summed E-state index contributed by atoms with van der Waals surface area (Å²) in [5, 5.41) is 0. The molecule has 0 aromatic heterocycles. The van der Waals surface area contributed by atoms with Crippen LogP contribution >= 0.6 is 0 Å². The molecule has 1 aliphatic rings. The number of rotatable bonds is 5. The summed E-state index contributed by atoms with van der Waals surface area (Å²) >= 11 is 0. The fraction of sp³-hybridized carbons (Fsp3) is 0.208. The largest absolute Gasteiger partial charge is 0.455 e. The predicted molar refractivity (Wildman–Crippen MR) is 112 cm³/mol. The van der Waals surface area contributed by atoms with Gasteiger partial charge < -0.3 is 14.5 Å². The Morgan fingerprint density at radius 1 is 0.862 bits per heavy atom. The second kappa shape index (κ2) is 8.78. The van der Waals surface area contributed by atoms with E-state index < -0.39 is 0 Å². The van der Waals surface area contributed by atoms with Crippen LogP contribution in [0.1, 0.15) is 5.56 Å². The van der Waals surface area contributed by atoms with E-state index in [1.165, 1.54) is 12.1 Å². The molecule has 5 heteroatoms. The van der Waals surface area contributed by atoms with Crippen LogP contribution in [0.5, 0.6) is 11.5 Å². The maximum atomic E-state index is 13.3. The fourth-order valence-electron chi connectivity index (χ4n) is 3.55. The summed E-state index contributed by atoms with van der Waals surface area (Å²) < 4.78 is 19.4. The third-order valence-electron chi connectivity index (χ3n) is 5.05. The van der Waals surface area contributed by atoms with E-state index in [-0.39, 0.29) is 18.1 Å². The quantitative estimate of drug-likeness (QED) is 0.643. The van der Waals surface area contributed by atoms with Crippen molar-refractivity contribution < 1.29 is 13.9 Å². The van der Waals surface area contributed by atoms with Crippen LogP contribution in [-0.2, 0) is 11.2 Å². The fourth-order valence-corrected chi connectivity index (χ4v) is 3.55. The predicted octanol–water partition coefficient (Wildman–Crippen LogP) is 4.51. The maximum Gasteiger partial charge on any atom is 0.227 e. The van der Waals surface area contributed by atoms with Gasteiger partial charge in [0.05, 0.1) is 12.1 Å². The molecule has 0 radical (unpaired) electrons. The number of hydrogen-bond acceptors (Lipinski definition) is 3. The first-order chi connectivity index (χ1) is 14.2. The van der Waals surface area contributed by atoms with Gasteiger partial charge >= 0.3 is 0 Å². The molecule has 29 heavy (non-hydrogen) atoms. The van der Waals surface area contributed by atoms with E-state index in [1.54, 1.807) is 12.1 Å². The number of para-hydroxylation sites is 3. The minimum atomic E-state index is -0.310. The zero-order valence-electron chi connectivity index (χ0n) is 16.1. The monoisotopic (exact) mass is 390 g/mol. The average molecular weight is 390 g/mol. The number of nitrogens with zero attached hydrogens (tertiary/aromatic N) is 2.